The van der Waals surface area contributed by atoms with Crippen LogP contribution in [0, 0.1) is 0 Å². The van der Waals surface area contributed by atoms with E-state index in [0.29, 0.717) is 27.2 Å². The summed E-state index contributed by atoms with van der Waals surface area (Å²) in [4.78, 5) is 27.9. The molecule has 0 heterocycles. The Bertz CT molecular complexity index is 926. The second-order valence-electron chi connectivity index (χ2n) is 7.60. The molecule has 4 nitrogen and oxygen atoms in total. The van der Waals surface area contributed by atoms with Gasteiger partial charge in [0.1, 0.15) is 6.04 Å². The predicted octanol–water partition coefficient (Wildman–Crippen LogP) is 6.60. The fraction of sp³-hybridized carbons (Fsp3) is 0.417. The SMILES string of the molecule is CC[C@@H](C)NC(=O)[C@H](CC)N(Cc1ccccc1Cl)C(=O)CSCc1ccc(Cl)c(Cl)c1. The summed E-state index contributed by atoms with van der Waals surface area (Å²) < 4.78 is 0. The highest BCUT2D eigenvalue weighted by Crippen LogP contribution is 2.25. The van der Waals surface area contributed by atoms with E-state index in [-0.39, 0.29) is 30.2 Å². The lowest BCUT2D eigenvalue weighted by Crippen LogP contribution is -2.51. The van der Waals surface area contributed by atoms with Gasteiger partial charge in [0.05, 0.1) is 15.8 Å². The van der Waals surface area contributed by atoms with Gasteiger partial charge in [-0.1, -0.05) is 72.9 Å². The minimum Gasteiger partial charge on any atom is -0.352 e. The highest BCUT2D eigenvalue weighted by atomic mass is 35.5. The van der Waals surface area contributed by atoms with E-state index >= 15 is 0 Å². The fourth-order valence-electron chi connectivity index (χ4n) is 3.14. The number of hydrogen-bond donors (Lipinski definition) is 1. The normalized spacial score (nSPS) is 12.8. The van der Waals surface area contributed by atoms with Gasteiger partial charge < -0.3 is 10.2 Å². The second-order valence-corrected chi connectivity index (χ2v) is 9.80. The highest BCUT2D eigenvalue weighted by Gasteiger charge is 2.29. The summed E-state index contributed by atoms with van der Waals surface area (Å²) in [6.07, 6.45) is 1.33. The van der Waals surface area contributed by atoms with Gasteiger partial charge in [0.15, 0.2) is 0 Å². The Morgan fingerprint density at radius 2 is 1.72 bits per heavy atom. The lowest BCUT2D eigenvalue weighted by molar-refractivity contribution is -0.139. The summed E-state index contributed by atoms with van der Waals surface area (Å²) >= 11 is 19.9. The Hall–Kier alpha value is -1.40. The molecule has 0 fully saturated rings. The average molecular weight is 516 g/mol. The molecule has 2 amide bonds. The molecule has 0 aromatic heterocycles. The molecule has 2 rings (SSSR count). The molecular weight excluding hydrogens is 487 g/mol. The molecule has 0 radical (unpaired) electrons. The van der Waals surface area contributed by atoms with Crippen molar-refractivity contribution < 1.29 is 9.59 Å². The van der Waals surface area contributed by atoms with Crippen molar-refractivity contribution in [2.75, 3.05) is 5.75 Å². The fourth-order valence-corrected chi connectivity index (χ4v) is 4.51. The van der Waals surface area contributed by atoms with Crippen LogP contribution in [-0.4, -0.2) is 34.6 Å². The maximum Gasteiger partial charge on any atom is 0.243 e. The zero-order valence-corrected chi connectivity index (χ0v) is 21.6. The van der Waals surface area contributed by atoms with Gasteiger partial charge >= 0.3 is 0 Å². The largest absolute Gasteiger partial charge is 0.352 e. The minimum absolute atomic E-state index is 0.0397. The lowest BCUT2D eigenvalue weighted by atomic mass is 10.1. The molecule has 0 unspecified atom stereocenters. The summed E-state index contributed by atoms with van der Waals surface area (Å²) in [7, 11) is 0. The van der Waals surface area contributed by atoms with Crippen LogP contribution in [0.25, 0.3) is 0 Å². The number of hydrogen-bond acceptors (Lipinski definition) is 3. The quantitative estimate of drug-likeness (QED) is 0.367. The third-order valence-corrected chi connectivity index (χ3v) is 7.26. The molecule has 0 saturated heterocycles. The van der Waals surface area contributed by atoms with Gasteiger partial charge in [-0.3, -0.25) is 9.59 Å². The van der Waals surface area contributed by atoms with E-state index < -0.39 is 6.04 Å². The zero-order valence-electron chi connectivity index (χ0n) is 18.5. The number of nitrogens with one attached hydrogen (secondary N) is 1. The van der Waals surface area contributed by atoms with E-state index in [1.54, 1.807) is 23.1 Å². The first-order chi connectivity index (χ1) is 15.3. The third kappa shape index (κ3) is 7.87. The summed E-state index contributed by atoms with van der Waals surface area (Å²) in [5.41, 5.74) is 1.79. The van der Waals surface area contributed by atoms with E-state index in [0.717, 1.165) is 17.5 Å². The van der Waals surface area contributed by atoms with Crippen molar-refractivity contribution in [3.05, 3.63) is 68.7 Å². The molecule has 8 heteroatoms. The van der Waals surface area contributed by atoms with Gasteiger partial charge in [-0.05, 0) is 49.1 Å². The van der Waals surface area contributed by atoms with Gasteiger partial charge in [0.2, 0.25) is 11.8 Å². The molecule has 2 aromatic rings. The van der Waals surface area contributed by atoms with Gasteiger partial charge in [-0.2, -0.15) is 0 Å². The molecule has 174 valence electrons. The van der Waals surface area contributed by atoms with E-state index in [1.807, 2.05) is 45.0 Å². The van der Waals surface area contributed by atoms with Crippen LogP contribution in [0.4, 0.5) is 0 Å². The van der Waals surface area contributed by atoms with Crippen LogP contribution >= 0.6 is 46.6 Å². The molecular formula is C24H29Cl3N2O2S. The Morgan fingerprint density at radius 3 is 2.34 bits per heavy atom. The number of amides is 2. The van der Waals surface area contributed by atoms with Crippen LogP contribution in [0.15, 0.2) is 42.5 Å². The van der Waals surface area contributed by atoms with Crippen LogP contribution in [0.1, 0.15) is 44.7 Å². The molecule has 0 bridgehead atoms. The van der Waals surface area contributed by atoms with Crippen LogP contribution < -0.4 is 5.32 Å². The van der Waals surface area contributed by atoms with Gasteiger partial charge in [-0.15, -0.1) is 11.8 Å². The number of benzene rings is 2. The zero-order chi connectivity index (χ0) is 23.7. The van der Waals surface area contributed by atoms with E-state index in [4.69, 9.17) is 34.8 Å². The van der Waals surface area contributed by atoms with Crippen molar-refractivity contribution in [3.8, 4) is 0 Å². The number of halogens is 3. The first kappa shape index (κ1) is 26.8. The number of thioether (sulfide) groups is 1. The molecule has 0 spiro atoms. The van der Waals surface area contributed by atoms with Crippen molar-refractivity contribution in [1.82, 2.24) is 10.2 Å². The molecule has 32 heavy (non-hydrogen) atoms. The average Bonchev–Trinajstić information content (AvgIpc) is 2.77. The standard InChI is InChI=1S/C24H29Cl3N2O2S/c1-4-16(3)28-24(31)22(5-2)29(13-18-8-6-7-9-19(18)25)23(30)15-32-14-17-10-11-20(26)21(27)12-17/h6-12,16,22H,4-5,13-15H2,1-3H3,(H,28,31)/t16-,22+/m1/s1. The maximum absolute atomic E-state index is 13.3. The topological polar surface area (TPSA) is 49.4 Å². The second kappa shape index (κ2) is 13.3. The predicted molar refractivity (Wildman–Crippen MR) is 137 cm³/mol. The van der Waals surface area contributed by atoms with E-state index in [2.05, 4.69) is 5.32 Å². The smallest absolute Gasteiger partial charge is 0.243 e. The van der Waals surface area contributed by atoms with Crippen molar-refractivity contribution in [1.29, 1.82) is 0 Å². The monoisotopic (exact) mass is 514 g/mol. The molecule has 2 atom stereocenters. The molecule has 0 aliphatic carbocycles. The summed E-state index contributed by atoms with van der Waals surface area (Å²) in [6, 6.07) is 12.3. The molecule has 0 aliphatic rings. The lowest BCUT2D eigenvalue weighted by Gasteiger charge is -2.31. The first-order valence-corrected chi connectivity index (χ1v) is 12.9. The van der Waals surface area contributed by atoms with Crippen LogP contribution in [0.2, 0.25) is 15.1 Å². The van der Waals surface area contributed by atoms with Crippen molar-refractivity contribution >= 4 is 58.4 Å². The van der Waals surface area contributed by atoms with Crippen LogP contribution in [0.5, 0.6) is 0 Å². The Balaban J connectivity index is 2.15. The highest BCUT2D eigenvalue weighted by molar-refractivity contribution is 7.99. The van der Waals surface area contributed by atoms with Crippen LogP contribution in [-0.2, 0) is 21.9 Å². The molecule has 2 aromatic carbocycles. The Labute approximate surface area is 210 Å². The Morgan fingerprint density at radius 1 is 1.00 bits per heavy atom. The number of rotatable bonds is 11. The van der Waals surface area contributed by atoms with Crippen LogP contribution in [0.3, 0.4) is 0 Å². The maximum atomic E-state index is 13.3. The van der Waals surface area contributed by atoms with Gasteiger partial charge in [0.25, 0.3) is 0 Å². The molecule has 0 aliphatic heterocycles. The summed E-state index contributed by atoms with van der Waals surface area (Å²) in [5, 5.41) is 4.58. The molecule has 1 N–H and O–H groups in total. The summed E-state index contributed by atoms with van der Waals surface area (Å²) in [5.74, 6) is 0.592. The summed E-state index contributed by atoms with van der Waals surface area (Å²) in [6.45, 7) is 6.16. The van der Waals surface area contributed by atoms with E-state index in [1.165, 1.54) is 11.8 Å². The van der Waals surface area contributed by atoms with Crippen molar-refractivity contribution in [3.63, 3.8) is 0 Å². The third-order valence-electron chi connectivity index (χ3n) is 5.16. The number of carbonyl (C=O) groups excluding carboxylic acids is 2. The van der Waals surface area contributed by atoms with Crippen molar-refractivity contribution in [2.45, 2.75) is 58.0 Å². The van der Waals surface area contributed by atoms with E-state index in [9.17, 15) is 9.59 Å². The van der Waals surface area contributed by atoms with Gasteiger partial charge in [0, 0.05) is 23.4 Å². The van der Waals surface area contributed by atoms with Gasteiger partial charge in [-0.25, -0.2) is 0 Å². The first-order valence-electron chi connectivity index (χ1n) is 10.6. The number of nitrogens with zero attached hydrogens (tertiary/aromatic N) is 1. The molecule has 0 saturated carbocycles. The minimum atomic E-state index is -0.571. The number of carbonyl (C=O) groups is 2. The Kier molecular flexibility index (Phi) is 11.2. The van der Waals surface area contributed by atoms with Crippen molar-refractivity contribution in [2.24, 2.45) is 0 Å².